The molecular formula is C19H15F5N2O3. The van der Waals surface area contributed by atoms with Gasteiger partial charge in [-0.05, 0) is 43.2 Å². The van der Waals surface area contributed by atoms with Gasteiger partial charge < -0.3 is 15.4 Å². The molecule has 0 radical (unpaired) electrons. The first-order valence-electron chi connectivity index (χ1n) is 8.52. The number of alkyl halides is 5. The third kappa shape index (κ3) is 5.21. The summed E-state index contributed by atoms with van der Waals surface area (Å²) >= 11 is 0. The molecule has 1 aliphatic rings. The van der Waals surface area contributed by atoms with Gasteiger partial charge in [-0.15, -0.1) is 0 Å². The van der Waals surface area contributed by atoms with Gasteiger partial charge in [-0.1, -0.05) is 12.1 Å². The molecule has 0 atom stereocenters. The van der Waals surface area contributed by atoms with E-state index in [1.807, 2.05) is 0 Å². The predicted molar refractivity (Wildman–Crippen MR) is 93.8 cm³/mol. The number of ether oxygens (including phenoxy) is 1. The fourth-order valence-corrected chi connectivity index (χ4v) is 2.60. The highest BCUT2D eigenvalue weighted by Gasteiger charge is 2.35. The van der Waals surface area contributed by atoms with Crippen LogP contribution in [-0.4, -0.2) is 18.4 Å². The van der Waals surface area contributed by atoms with E-state index in [4.69, 9.17) is 0 Å². The number of halogens is 5. The molecule has 1 aliphatic carbocycles. The van der Waals surface area contributed by atoms with Gasteiger partial charge in [-0.25, -0.2) is 0 Å². The van der Waals surface area contributed by atoms with Crippen molar-refractivity contribution >= 4 is 23.2 Å². The van der Waals surface area contributed by atoms with Gasteiger partial charge in [0.2, 0.25) is 5.91 Å². The Morgan fingerprint density at radius 3 is 2.34 bits per heavy atom. The Labute approximate surface area is 161 Å². The highest BCUT2D eigenvalue weighted by atomic mass is 19.4. The smallest absolute Gasteiger partial charge is 0.418 e. The van der Waals surface area contributed by atoms with Crippen LogP contribution >= 0.6 is 0 Å². The standard InChI is InChI=1S/C19H15F5N2O3/c20-18(21)29-15-4-2-1-3-12(15)17(28)26-14-8-7-11(9-13(14)19(22,23)24)25-16(27)10-5-6-10/h1-4,7-10,18H,5-6H2,(H,25,27)(H,26,28). The molecule has 0 aromatic heterocycles. The van der Waals surface area contributed by atoms with E-state index in [0.717, 1.165) is 18.2 Å². The summed E-state index contributed by atoms with van der Waals surface area (Å²) in [6.07, 6.45) is -3.46. The maximum Gasteiger partial charge on any atom is 0.418 e. The molecule has 2 N–H and O–H groups in total. The number of para-hydroxylation sites is 1. The number of hydrogen-bond donors (Lipinski definition) is 2. The van der Waals surface area contributed by atoms with Crippen molar-refractivity contribution in [2.45, 2.75) is 25.6 Å². The van der Waals surface area contributed by atoms with E-state index in [1.54, 1.807) is 0 Å². The third-order valence-electron chi connectivity index (χ3n) is 4.14. The Bertz CT molecular complexity index is 926. The quantitative estimate of drug-likeness (QED) is 0.661. The highest BCUT2D eigenvalue weighted by molar-refractivity contribution is 6.06. The zero-order valence-corrected chi connectivity index (χ0v) is 14.7. The van der Waals surface area contributed by atoms with Crippen LogP contribution in [0.5, 0.6) is 5.75 Å². The van der Waals surface area contributed by atoms with Gasteiger partial charge in [0.1, 0.15) is 5.75 Å². The van der Waals surface area contributed by atoms with E-state index in [-0.39, 0.29) is 23.1 Å². The average molecular weight is 414 g/mol. The summed E-state index contributed by atoms with van der Waals surface area (Å²) in [5.74, 6) is -2.09. The van der Waals surface area contributed by atoms with E-state index in [9.17, 15) is 31.5 Å². The maximum atomic E-state index is 13.5. The average Bonchev–Trinajstić information content (AvgIpc) is 3.47. The van der Waals surface area contributed by atoms with Gasteiger partial charge in [0.05, 0.1) is 16.8 Å². The molecule has 2 aromatic carbocycles. The van der Waals surface area contributed by atoms with E-state index < -0.39 is 35.7 Å². The fourth-order valence-electron chi connectivity index (χ4n) is 2.60. The molecule has 29 heavy (non-hydrogen) atoms. The van der Waals surface area contributed by atoms with Crippen LogP contribution in [0.3, 0.4) is 0 Å². The van der Waals surface area contributed by atoms with Gasteiger partial charge >= 0.3 is 12.8 Å². The van der Waals surface area contributed by atoms with E-state index >= 15 is 0 Å². The second-order valence-electron chi connectivity index (χ2n) is 6.35. The van der Waals surface area contributed by atoms with Crippen molar-refractivity contribution in [3.63, 3.8) is 0 Å². The molecule has 2 aromatic rings. The number of carbonyl (C=O) groups is 2. The van der Waals surface area contributed by atoms with Crippen molar-refractivity contribution in [2.24, 2.45) is 5.92 Å². The first kappa shape index (κ1) is 20.6. The Morgan fingerprint density at radius 2 is 1.72 bits per heavy atom. The van der Waals surface area contributed by atoms with Gasteiger partial charge in [0.15, 0.2) is 0 Å². The van der Waals surface area contributed by atoms with Gasteiger partial charge in [-0.2, -0.15) is 22.0 Å². The minimum atomic E-state index is -4.83. The largest absolute Gasteiger partial charge is 0.434 e. The van der Waals surface area contributed by atoms with Crippen LogP contribution in [-0.2, 0) is 11.0 Å². The number of hydrogen-bond acceptors (Lipinski definition) is 3. The summed E-state index contributed by atoms with van der Waals surface area (Å²) in [5.41, 5.74) is -2.19. The summed E-state index contributed by atoms with van der Waals surface area (Å²) in [4.78, 5) is 24.2. The third-order valence-corrected chi connectivity index (χ3v) is 4.14. The molecule has 10 heteroatoms. The number of carbonyl (C=O) groups excluding carboxylic acids is 2. The predicted octanol–water partition coefficient (Wildman–Crippen LogP) is 4.91. The number of nitrogens with one attached hydrogen (secondary N) is 2. The maximum absolute atomic E-state index is 13.5. The van der Waals surface area contributed by atoms with Crippen LogP contribution in [0.25, 0.3) is 0 Å². The van der Waals surface area contributed by atoms with Crippen molar-refractivity contribution in [2.75, 3.05) is 10.6 Å². The van der Waals surface area contributed by atoms with Crippen LogP contribution in [0.1, 0.15) is 28.8 Å². The molecule has 3 rings (SSSR count). The lowest BCUT2D eigenvalue weighted by Crippen LogP contribution is -2.19. The fraction of sp³-hybridized carbons (Fsp3) is 0.263. The van der Waals surface area contributed by atoms with Gasteiger partial charge in [-0.3, -0.25) is 9.59 Å². The second kappa shape index (κ2) is 8.06. The van der Waals surface area contributed by atoms with Crippen molar-refractivity contribution in [3.8, 4) is 5.75 Å². The molecular weight excluding hydrogens is 399 g/mol. The van der Waals surface area contributed by atoms with Gasteiger partial charge in [0.25, 0.3) is 5.91 Å². The van der Waals surface area contributed by atoms with Crippen LogP contribution in [0.4, 0.5) is 33.3 Å². The monoisotopic (exact) mass is 414 g/mol. The number of rotatable bonds is 6. The topological polar surface area (TPSA) is 67.4 Å². The molecule has 1 saturated carbocycles. The molecule has 0 bridgehead atoms. The molecule has 154 valence electrons. The van der Waals surface area contributed by atoms with Crippen molar-refractivity contribution in [1.29, 1.82) is 0 Å². The number of amides is 2. The van der Waals surface area contributed by atoms with Crippen LogP contribution in [0.2, 0.25) is 0 Å². The molecule has 0 unspecified atom stereocenters. The Hall–Kier alpha value is -3.17. The molecule has 1 fully saturated rings. The summed E-state index contributed by atoms with van der Waals surface area (Å²) in [5, 5.41) is 4.47. The first-order chi connectivity index (χ1) is 13.6. The summed E-state index contributed by atoms with van der Waals surface area (Å²) in [7, 11) is 0. The molecule has 0 saturated heterocycles. The lowest BCUT2D eigenvalue weighted by molar-refractivity contribution is -0.137. The SMILES string of the molecule is O=C(Nc1ccc(NC(=O)C2CC2)cc1C(F)(F)F)c1ccccc1OC(F)F. The summed E-state index contributed by atoms with van der Waals surface area (Å²) in [6, 6.07) is 7.85. The molecule has 2 amide bonds. The van der Waals surface area contributed by atoms with E-state index in [1.165, 1.54) is 18.2 Å². The Balaban J connectivity index is 1.86. The minimum absolute atomic E-state index is 0.0614. The molecule has 0 aliphatic heterocycles. The highest BCUT2D eigenvalue weighted by Crippen LogP contribution is 2.38. The van der Waals surface area contributed by atoms with Crippen LogP contribution < -0.4 is 15.4 Å². The lowest BCUT2D eigenvalue weighted by Gasteiger charge is -2.16. The van der Waals surface area contributed by atoms with Crippen molar-refractivity contribution in [1.82, 2.24) is 0 Å². The summed E-state index contributed by atoms with van der Waals surface area (Å²) < 4.78 is 69.6. The normalized spacial score (nSPS) is 13.9. The molecule has 0 heterocycles. The van der Waals surface area contributed by atoms with Crippen LogP contribution in [0.15, 0.2) is 42.5 Å². The van der Waals surface area contributed by atoms with Crippen LogP contribution in [0, 0.1) is 5.92 Å². The molecule has 5 nitrogen and oxygen atoms in total. The first-order valence-corrected chi connectivity index (χ1v) is 8.52. The Kier molecular flexibility index (Phi) is 5.71. The zero-order valence-electron chi connectivity index (χ0n) is 14.7. The second-order valence-corrected chi connectivity index (χ2v) is 6.35. The van der Waals surface area contributed by atoms with Crippen molar-refractivity contribution < 1.29 is 36.3 Å². The van der Waals surface area contributed by atoms with E-state index in [2.05, 4.69) is 15.4 Å². The lowest BCUT2D eigenvalue weighted by atomic mass is 10.1. The van der Waals surface area contributed by atoms with E-state index in [0.29, 0.717) is 18.9 Å². The Morgan fingerprint density at radius 1 is 1.03 bits per heavy atom. The zero-order chi connectivity index (χ0) is 21.2. The number of anilines is 2. The molecule has 0 spiro atoms. The van der Waals surface area contributed by atoms with Crippen molar-refractivity contribution in [3.05, 3.63) is 53.6 Å². The van der Waals surface area contributed by atoms with Gasteiger partial charge in [0, 0.05) is 11.6 Å². The summed E-state index contributed by atoms with van der Waals surface area (Å²) in [6.45, 7) is -3.20. The minimum Gasteiger partial charge on any atom is -0.434 e. The number of benzene rings is 2.